The summed E-state index contributed by atoms with van der Waals surface area (Å²) in [7, 11) is 0. The Morgan fingerprint density at radius 2 is 1.94 bits per heavy atom. The van der Waals surface area contributed by atoms with Crippen LogP contribution in [0.1, 0.15) is 16.8 Å². The van der Waals surface area contributed by atoms with Crippen molar-refractivity contribution in [1.29, 1.82) is 0 Å². The van der Waals surface area contributed by atoms with Crippen LogP contribution < -0.4 is 5.32 Å². The van der Waals surface area contributed by atoms with Crippen LogP contribution in [-0.2, 0) is 4.79 Å². The van der Waals surface area contributed by atoms with Crippen LogP contribution in [0, 0.1) is 0 Å². The molecule has 0 atom stereocenters. The van der Waals surface area contributed by atoms with E-state index in [1.807, 2.05) is 5.32 Å². The van der Waals surface area contributed by atoms with Crippen molar-refractivity contribution in [2.24, 2.45) is 0 Å². The molecule has 0 aliphatic rings. The number of alkyl halides is 3. The van der Waals surface area contributed by atoms with E-state index in [0.717, 1.165) is 18.2 Å². The highest BCUT2D eigenvalue weighted by atomic mass is 35.5. The molecular formula is C10H7ClF3NO3. The molecule has 18 heavy (non-hydrogen) atoms. The van der Waals surface area contributed by atoms with Gasteiger partial charge in [0.2, 0.25) is 5.91 Å². The normalized spacial score (nSPS) is 11.1. The van der Waals surface area contributed by atoms with E-state index >= 15 is 0 Å². The Morgan fingerprint density at radius 1 is 1.33 bits per heavy atom. The molecule has 0 aliphatic carbocycles. The van der Waals surface area contributed by atoms with Gasteiger partial charge in [-0.05, 0) is 18.2 Å². The van der Waals surface area contributed by atoms with Crippen molar-refractivity contribution in [3.63, 3.8) is 0 Å². The first-order valence-corrected chi connectivity index (χ1v) is 4.96. The second-order valence-electron chi connectivity index (χ2n) is 3.34. The largest absolute Gasteiger partial charge is 0.478 e. The van der Waals surface area contributed by atoms with Gasteiger partial charge in [0, 0.05) is 0 Å². The molecule has 0 saturated heterocycles. The molecule has 2 N–H and O–H groups in total. The van der Waals surface area contributed by atoms with Crippen molar-refractivity contribution < 1.29 is 27.9 Å². The summed E-state index contributed by atoms with van der Waals surface area (Å²) in [5.74, 6) is -2.50. The quantitative estimate of drug-likeness (QED) is 0.895. The number of carboxylic acids is 1. The molecule has 1 aromatic carbocycles. The highest BCUT2D eigenvalue weighted by Crippen LogP contribution is 2.25. The van der Waals surface area contributed by atoms with Crippen LogP contribution in [-0.4, -0.2) is 23.2 Å². The van der Waals surface area contributed by atoms with Gasteiger partial charge in [-0.2, -0.15) is 13.2 Å². The second kappa shape index (κ2) is 5.26. The summed E-state index contributed by atoms with van der Waals surface area (Å²) in [4.78, 5) is 21.6. The van der Waals surface area contributed by atoms with Crippen LogP contribution in [0.15, 0.2) is 18.2 Å². The lowest BCUT2D eigenvalue weighted by Crippen LogP contribution is -2.21. The summed E-state index contributed by atoms with van der Waals surface area (Å²) >= 11 is 5.63. The van der Waals surface area contributed by atoms with Crippen molar-refractivity contribution in [2.45, 2.75) is 12.6 Å². The Morgan fingerprint density at radius 3 is 2.39 bits per heavy atom. The van der Waals surface area contributed by atoms with Gasteiger partial charge in [-0.1, -0.05) is 11.6 Å². The number of rotatable bonds is 3. The van der Waals surface area contributed by atoms with Gasteiger partial charge in [-0.25, -0.2) is 4.79 Å². The monoisotopic (exact) mass is 281 g/mol. The molecule has 0 aromatic heterocycles. The average Bonchev–Trinajstić information content (AvgIpc) is 2.17. The van der Waals surface area contributed by atoms with E-state index in [4.69, 9.17) is 16.7 Å². The predicted molar refractivity (Wildman–Crippen MR) is 57.7 cm³/mol. The lowest BCUT2D eigenvalue weighted by molar-refractivity contribution is -0.150. The zero-order valence-electron chi connectivity index (χ0n) is 8.71. The summed E-state index contributed by atoms with van der Waals surface area (Å²) in [5.41, 5.74) is -0.204. The standard InChI is InChI=1S/C10H7ClF3NO3/c11-6-3-5(9(17)18)1-2-7(6)15-8(16)4-10(12,13)14/h1-3H,4H2,(H,15,16)(H,17,18). The van der Waals surface area contributed by atoms with Crippen LogP contribution in [0.3, 0.4) is 0 Å². The molecule has 98 valence electrons. The third-order valence-electron chi connectivity index (χ3n) is 1.85. The Bertz CT molecular complexity index is 488. The molecule has 1 amide bonds. The van der Waals surface area contributed by atoms with E-state index < -0.39 is 24.5 Å². The first-order chi connectivity index (χ1) is 8.19. The van der Waals surface area contributed by atoms with Gasteiger partial charge in [0.1, 0.15) is 6.42 Å². The van der Waals surface area contributed by atoms with E-state index in [9.17, 15) is 22.8 Å². The minimum Gasteiger partial charge on any atom is -0.478 e. The fourth-order valence-electron chi connectivity index (χ4n) is 1.13. The zero-order valence-corrected chi connectivity index (χ0v) is 9.47. The number of benzene rings is 1. The van der Waals surface area contributed by atoms with Crippen LogP contribution in [0.25, 0.3) is 0 Å². The van der Waals surface area contributed by atoms with Crippen LogP contribution in [0.2, 0.25) is 5.02 Å². The van der Waals surface area contributed by atoms with Gasteiger partial charge in [-0.3, -0.25) is 4.79 Å². The Labute approximate surface area is 104 Å². The number of aromatic carboxylic acids is 1. The van der Waals surface area contributed by atoms with Crippen LogP contribution >= 0.6 is 11.6 Å². The Balaban J connectivity index is 2.80. The summed E-state index contributed by atoms with van der Waals surface area (Å²) < 4.78 is 35.7. The first kappa shape index (κ1) is 14.3. The lowest BCUT2D eigenvalue weighted by atomic mass is 10.2. The third kappa shape index (κ3) is 4.25. The minimum atomic E-state index is -4.61. The third-order valence-corrected chi connectivity index (χ3v) is 2.16. The molecule has 0 heterocycles. The van der Waals surface area contributed by atoms with Crippen molar-refractivity contribution in [1.82, 2.24) is 0 Å². The maximum atomic E-state index is 11.9. The van der Waals surface area contributed by atoms with Gasteiger partial charge >= 0.3 is 12.1 Å². The average molecular weight is 282 g/mol. The molecule has 0 unspecified atom stereocenters. The number of anilines is 1. The highest BCUT2D eigenvalue weighted by Gasteiger charge is 2.31. The fraction of sp³-hybridized carbons (Fsp3) is 0.200. The molecule has 4 nitrogen and oxygen atoms in total. The maximum absolute atomic E-state index is 11.9. The predicted octanol–water partition coefficient (Wildman–Crippen LogP) is 2.93. The van der Waals surface area contributed by atoms with Crippen molar-refractivity contribution in [2.75, 3.05) is 5.32 Å². The van der Waals surface area contributed by atoms with Gasteiger partial charge in [0.05, 0.1) is 16.3 Å². The number of hydrogen-bond donors (Lipinski definition) is 2. The van der Waals surface area contributed by atoms with E-state index in [0.29, 0.717) is 0 Å². The van der Waals surface area contributed by atoms with Gasteiger partial charge in [-0.15, -0.1) is 0 Å². The number of carbonyl (C=O) groups excluding carboxylic acids is 1. The molecule has 1 aromatic rings. The van der Waals surface area contributed by atoms with Gasteiger partial charge in [0.25, 0.3) is 0 Å². The summed E-state index contributed by atoms with van der Waals surface area (Å²) in [6.07, 6.45) is -6.25. The molecule has 0 fully saturated rings. The van der Waals surface area contributed by atoms with E-state index in [2.05, 4.69) is 0 Å². The lowest BCUT2D eigenvalue weighted by Gasteiger charge is -2.09. The molecule has 8 heteroatoms. The summed E-state index contributed by atoms with van der Waals surface area (Å²) in [5, 5.41) is 10.4. The topological polar surface area (TPSA) is 66.4 Å². The number of carbonyl (C=O) groups is 2. The van der Waals surface area contributed by atoms with Crippen LogP contribution in [0.4, 0.5) is 18.9 Å². The molecule has 0 saturated carbocycles. The summed E-state index contributed by atoms with van der Waals surface area (Å²) in [6.45, 7) is 0. The number of hydrogen-bond acceptors (Lipinski definition) is 2. The van der Waals surface area contributed by atoms with Gasteiger partial charge < -0.3 is 10.4 Å². The zero-order chi connectivity index (χ0) is 13.9. The molecule has 0 aliphatic heterocycles. The molecular weight excluding hydrogens is 275 g/mol. The molecule has 0 bridgehead atoms. The SMILES string of the molecule is O=C(CC(F)(F)F)Nc1ccc(C(=O)O)cc1Cl. The van der Waals surface area contributed by atoms with E-state index in [1.54, 1.807) is 0 Å². The number of amides is 1. The van der Waals surface area contributed by atoms with Gasteiger partial charge in [0.15, 0.2) is 0 Å². The summed E-state index contributed by atoms with van der Waals surface area (Å²) in [6, 6.07) is 3.28. The molecule has 0 spiro atoms. The van der Waals surface area contributed by atoms with E-state index in [1.165, 1.54) is 0 Å². The van der Waals surface area contributed by atoms with Crippen molar-refractivity contribution in [3.05, 3.63) is 28.8 Å². The van der Waals surface area contributed by atoms with Crippen LogP contribution in [0.5, 0.6) is 0 Å². The minimum absolute atomic E-state index is 0.0732. The second-order valence-corrected chi connectivity index (χ2v) is 3.75. The van der Waals surface area contributed by atoms with Crippen molar-refractivity contribution in [3.8, 4) is 0 Å². The van der Waals surface area contributed by atoms with E-state index in [-0.39, 0.29) is 16.3 Å². The number of carboxylic acid groups (broad SMARTS) is 1. The smallest absolute Gasteiger partial charge is 0.397 e. The Kier molecular flexibility index (Phi) is 4.18. The highest BCUT2D eigenvalue weighted by molar-refractivity contribution is 6.34. The number of halogens is 4. The molecule has 0 radical (unpaired) electrons. The molecule has 1 rings (SSSR count). The van der Waals surface area contributed by atoms with Crippen molar-refractivity contribution >= 4 is 29.2 Å². The Hall–Kier alpha value is -1.76. The first-order valence-electron chi connectivity index (χ1n) is 4.58. The fourth-order valence-corrected chi connectivity index (χ4v) is 1.35. The maximum Gasteiger partial charge on any atom is 0.397 e. The number of nitrogens with one attached hydrogen (secondary N) is 1.